The molecule has 1 rings (SSSR count). The highest BCUT2D eigenvalue weighted by Gasteiger charge is 2.08. The van der Waals surface area contributed by atoms with Crippen LogP contribution in [0.2, 0.25) is 0 Å². The van der Waals surface area contributed by atoms with Gasteiger partial charge >= 0.3 is 5.97 Å². The quantitative estimate of drug-likeness (QED) is 0.467. The molecule has 18 heavy (non-hydrogen) atoms. The van der Waals surface area contributed by atoms with Gasteiger partial charge in [0.15, 0.2) is 0 Å². The van der Waals surface area contributed by atoms with Gasteiger partial charge in [-0.2, -0.15) is 0 Å². The van der Waals surface area contributed by atoms with E-state index < -0.39 is 0 Å². The number of esters is 1. The summed E-state index contributed by atoms with van der Waals surface area (Å²) < 4.78 is 5.92. The molecule has 0 atom stereocenters. The number of benzene rings is 1. The van der Waals surface area contributed by atoms with Crippen LogP contribution in [0, 0.1) is 0 Å². The molecule has 0 saturated carbocycles. The molecule has 0 spiro atoms. The molecule has 0 heterocycles. The Morgan fingerprint density at radius 2 is 2.00 bits per heavy atom. The summed E-state index contributed by atoms with van der Waals surface area (Å²) in [6.07, 6.45) is 5.73. The third-order valence-electron chi connectivity index (χ3n) is 2.72. The Kier molecular flexibility index (Phi) is 6.80. The predicted molar refractivity (Wildman–Crippen MR) is 77.6 cm³/mol. The molecule has 0 aliphatic heterocycles. The van der Waals surface area contributed by atoms with Crippen molar-refractivity contribution in [2.45, 2.75) is 39.0 Å². The Morgan fingerprint density at radius 3 is 2.67 bits per heavy atom. The van der Waals surface area contributed by atoms with E-state index in [9.17, 15) is 4.79 Å². The molecular formula is C14H20BrNO2. The van der Waals surface area contributed by atoms with Gasteiger partial charge in [-0.1, -0.05) is 32.6 Å². The van der Waals surface area contributed by atoms with E-state index in [1.807, 2.05) is 0 Å². The highest BCUT2D eigenvalue weighted by molar-refractivity contribution is 9.10. The molecule has 0 aromatic heterocycles. The number of hydrogen-bond donors (Lipinski definition) is 1. The monoisotopic (exact) mass is 313 g/mol. The van der Waals surface area contributed by atoms with Crippen molar-refractivity contribution >= 4 is 27.6 Å². The smallest absolute Gasteiger partial charge is 0.338 e. The Labute approximate surface area is 117 Å². The van der Waals surface area contributed by atoms with Gasteiger partial charge in [0.1, 0.15) is 0 Å². The molecule has 0 unspecified atom stereocenters. The number of unbranched alkanes of at least 4 members (excludes halogenated alkanes) is 4. The fourth-order valence-electron chi connectivity index (χ4n) is 1.61. The summed E-state index contributed by atoms with van der Waals surface area (Å²) in [6, 6.07) is 5.07. The Bertz CT molecular complexity index is 393. The molecule has 3 nitrogen and oxygen atoms in total. The van der Waals surface area contributed by atoms with E-state index in [2.05, 4.69) is 22.9 Å². The fourth-order valence-corrected chi connectivity index (χ4v) is 1.99. The first kappa shape index (κ1) is 15.0. The highest BCUT2D eigenvalue weighted by Crippen LogP contribution is 2.20. The number of anilines is 1. The molecule has 1 aromatic rings. The van der Waals surface area contributed by atoms with Crippen molar-refractivity contribution < 1.29 is 9.53 Å². The predicted octanol–water partition coefficient (Wildman–Crippen LogP) is 4.16. The van der Waals surface area contributed by atoms with Crippen LogP contribution in [0.25, 0.3) is 0 Å². The number of rotatable bonds is 7. The van der Waals surface area contributed by atoms with Crippen LogP contribution >= 0.6 is 15.9 Å². The molecule has 100 valence electrons. The minimum Gasteiger partial charge on any atom is -0.462 e. The normalized spacial score (nSPS) is 10.3. The third-order valence-corrected chi connectivity index (χ3v) is 3.40. The summed E-state index contributed by atoms with van der Waals surface area (Å²) in [7, 11) is 0. The zero-order valence-electron chi connectivity index (χ0n) is 10.7. The lowest BCUT2D eigenvalue weighted by molar-refractivity contribution is 0.0497. The largest absolute Gasteiger partial charge is 0.462 e. The van der Waals surface area contributed by atoms with Crippen molar-refractivity contribution in [1.82, 2.24) is 0 Å². The summed E-state index contributed by atoms with van der Waals surface area (Å²) in [5.74, 6) is -0.286. The molecule has 0 radical (unpaired) electrons. The number of nitrogen functional groups attached to an aromatic ring is 1. The lowest BCUT2D eigenvalue weighted by atomic mass is 10.2. The summed E-state index contributed by atoms with van der Waals surface area (Å²) in [5, 5.41) is 0. The zero-order chi connectivity index (χ0) is 13.4. The number of ether oxygens (including phenoxy) is 1. The van der Waals surface area contributed by atoms with Gasteiger partial charge in [0.25, 0.3) is 0 Å². The van der Waals surface area contributed by atoms with Crippen LogP contribution in [0.1, 0.15) is 49.4 Å². The van der Waals surface area contributed by atoms with Crippen molar-refractivity contribution in [2.24, 2.45) is 0 Å². The van der Waals surface area contributed by atoms with Crippen molar-refractivity contribution in [3.05, 3.63) is 28.2 Å². The Hall–Kier alpha value is -1.03. The molecule has 0 fully saturated rings. The SMILES string of the molecule is CCCCCCCOC(=O)c1ccc(N)c(Br)c1. The Balaban J connectivity index is 2.30. The topological polar surface area (TPSA) is 52.3 Å². The van der Waals surface area contributed by atoms with Gasteiger partial charge in [0, 0.05) is 10.2 Å². The Morgan fingerprint density at radius 1 is 1.28 bits per heavy atom. The average Bonchev–Trinajstić information content (AvgIpc) is 2.36. The van der Waals surface area contributed by atoms with E-state index in [0.717, 1.165) is 17.3 Å². The second-order valence-electron chi connectivity index (χ2n) is 4.29. The van der Waals surface area contributed by atoms with E-state index in [0.29, 0.717) is 17.9 Å². The molecule has 0 aliphatic carbocycles. The lowest BCUT2D eigenvalue weighted by Gasteiger charge is -2.06. The van der Waals surface area contributed by atoms with Gasteiger partial charge in [-0.05, 0) is 40.5 Å². The summed E-state index contributed by atoms with van der Waals surface area (Å²) in [4.78, 5) is 11.7. The van der Waals surface area contributed by atoms with Gasteiger partial charge < -0.3 is 10.5 Å². The van der Waals surface area contributed by atoms with Gasteiger partial charge in [-0.25, -0.2) is 4.79 Å². The number of hydrogen-bond acceptors (Lipinski definition) is 3. The van der Waals surface area contributed by atoms with Crippen molar-refractivity contribution in [1.29, 1.82) is 0 Å². The summed E-state index contributed by atoms with van der Waals surface area (Å²) in [5.41, 5.74) is 6.81. The van der Waals surface area contributed by atoms with Crippen LogP contribution in [-0.4, -0.2) is 12.6 Å². The van der Waals surface area contributed by atoms with Crippen LogP contribution in [0.3, 0.4) is 0 Å². The fraction of sp³-hybridized carbons (Fsp3) is 0.500. The molecule has 4 heteroatoms. The van der Waals surface area contributed by atoms with Gasteiger partial charge in [0.2, 0.25) is 0 Å². The highest BCUT2D eigenvalue weighted by atomic mass is 79.9. The van der Waals surface area contributed by atoms with Gasteiger partial charge in [0.05, 0.1) is 12.2 Å². The second kappa shape index (κ2) is 8.14. The molecule has 0 amide bonds. The van der Waals surface area contributed by atoms with E-state index in [1.165, 1.54) is 19.3 Å². The standard InChI is InChI=1S/C14H20BrNO2/c1-2-3-4-5-6-9-18-14(17)11-7-8-13(16)12(15)10-11/h7-8,10H,2-6,9,16H2,1H3. The molecule has 1 aromatic carbocycles. The van der Waals surface area contributed by atoms with Crippen molar-refractivity contribution in [2.75, 3.05) is 12.3 Å². The first-order valence-electron chi connectivity index (χ1n) is 6.37. The first-order chi connectivity index (χ1) is 8.65. The van der Waals surface area contributed by atoms with E-state index in [4.69, 9.17) is 10.5 Å². The van der Waals surface area contributed by atoms with E-state index in [1.54, 1.807) is 18.2 Å². The molecule has 0 aliphatic rings. The molecular weight excluding hydrogens is 294 g/mol. The summed E-state index contributed by atoms with van der Waals surface area (Å²) in [6.45, 7) is 2.67. The van der Waals surface area contributed by atoms with Crippen LogP contribution in [0.15, 0.2) is 22.7 Å². The third kappa shape index (κ3) is 5.08. The van der Waals surface area contributed by atoms with Crippen molar-refractivity contribution in [3.63, 3.8) is 0 Å². The maximum Gasteiger partial charge on any atom is 0.338 e. The van der Waals surface area contributed by atoms with Crippen LogP contribution in [-0.2, 0) is 4.74 Å². The van der Waals surface area contributed by atoms with Crippen molar-refractivity contribution in [3.8, 4) is 0 Å². The van der Waals surface area contributed by atoms with Crippen LogP contribution < -0.4 is 5.73 Å². The minimum atomic E-state index is -0.286. The maximum atomic E-state index is 11.7. The van der Waals surface area contributed by atoms with E-state index >= 15 is 0 Å². The number of halogens is 1. The van der Waals surface area contributed by atoms with Crippen LogP contribution in [0.4, 0.5) is 5.69 Å². The number of carbonyl (C=O) groups is 1. The average molecular weight is 314 g/mol. The van der Waals surface area contributed by atoms with Gasteiger partial charge in [-0.15, -0.1) is 0 Å². The molecule has 0 bridgehead atoms. The minimum absolute atomic E-state index is 0.286. The number of nitrogens with two attached hydrogens (primary N) is 1. The molecule has 2 N–H and O–H groups in total. The first-order valence-corrected chi connectivity index (χ1v) is 7.16. The zero-order valence-corrected chi connectivity index (χ0v) is 12.3. The summed E-state index contributed by atoms with van der Waals surface area (Å²) >= 11 is 3.29. The van der Waals surface area contributed by atoms with E-state index in [-0.39, 0.29) is 5.97 Å². The van der Waals surface area contributed by atoms with Gasteiger partial charge in [-0.3, -0.25) is 0 Å². The maximum absolute atomic E-state index is 11.7. The number of carbonyl (C=O) groups excluding carboxylic acids is 1. The molecule has 0 saturated heterocycles. The second-order valence-corrected chi connectivity index (χ2v) is 5.14. The lowest BCUT2D eigenvalue weighted by Crippen LogP contribution is -2.06. The van der Waals surface area contributed by atoms with Crippen LogP contribution in [0.5, 0.6) is 0 Å².